The first-order valence-corrected chi connectivity index (χ1v) is 5.53. The summed E-state index contributed by atoms with van der Waals surface area (Å²) in [6.07, 6.45) is 0.852. The van der Waals surface area contributed by atoms with Crippen LogP contribution in [0.3, 0.4) is 0 Å². The standard InChI is InChI=1S/C10H13FN2O.C2H6/c1-2-7-12-10(14)13-9-6-4-3-5-8(9)11;1-2/h3-6H,2,7H2,1H3,(H2,12,13,14);1-2H3. The van der Waals surface area contributed by atoms with Crippen LogP contribution in [0, 0.1) is 5.82 Å². The van der Waals surface area contributed by atoms with E-state index in [9.17, 15) is 9.18 Å². The minimum Gasteiger partial charge on any atom is -0.338 e. The lowest BCUT2D eigenvalue weighted by Crippen LogP contribution is -2.29. The Bertz CT molecular complexity index is 316. The largest absolute Gasteiger partial charge is 0.338 e. The maximum Gasteiger partial charge on any atom is 0.319 e. The molecule has 1 rings (SSSR count). The minimum absolute atomic E-state index is 0.195. The molecule has 0 aliphatic heterocycles. The normalized spacial score (nSPS) is 8.75. The van der Waals surface area contributed by atoms with Crippen LogP contribution < -0.4 is 10.6 Å². The van der Waals surface area contributed by atoms with Crippen molar-refractivity contribution >= 4 is 11.7 Å². The summed E-state index contributed by atoms with van der Waals surface area (Å²) >= 11 is 0. The van der Waals surface area contributed by atoms with Crippen molar-refractivity contribution in [3.8, 4) is 0 Å². The predicted molar refractivity (Wildman–Crippen MR) is 65.1 cm³/mol. The molecule has 3 nitrogen and oxygen atoms in total. The highest BCUT2D eigenvalue weighted by Crippen LogP contribution is 2.11. The van der Waals surface area contributed by atoms with E-state index in [-0.39, 0.29) is 11.7 Å². The summed E-state index contributed by atoms with van der Waals surface area (Å²) in [7, 11) is 0. The predicted octanol–water partition coefficient (Wildman–Crippen LogP) is 3.38. The van der Waals surface area contributed by atoms with Crippen LogP contribution in [0.4, 0.5) is 14.9 Å². The van der Waals surface area contributed by atoms with Crippen LogP contribution in [-0.4, -0.2) is 12.6 Å². The molecule has 1 aromatic carbocycles. The van der Waals surface area contributed by atoms with Crippen molar-refractivity contribution in [2.24, 2.45) is 0 Å². The van der Waals surface area contributed by atoms with Gasteiger partial charge in [0.25, 0.3) is 0 Å². The van der Waals surface area contributed by atoms with Crippen LogP contribution in [0.2, 0.25) is 0 Å². The maximum atomic E-state index is 13.0. The zero-order valence-corrected chi connectivity index (χ0v) is 10.0. The first-order valence-electron chi connectivity index (χ1n) is 5.53. The fourth-order valence-corrected chi connectivity index (χ4v) is 0.968. The molecule has 0 atom stereocenters. The third-order valence-corrected chi connectivity index (χ3v) is 1.66. The molecule has 16 heavy (non-hydrogen) atoms. The van der Waals surface area contributed by atoms with E-state index in [1.54, 1.807) is 12.1 Å². The van der Waals surface area contributed by atoms with E-state index in [1.807, 2.05) is 20.8 Å². The number of hydrogen-bond acceptors (Lipinski definition) is 1. The molecule has 0 saturated heterocycles. The second kappa shape index (κ2) is 8.71. The quantitative estimate of drug-likeness (QED) is 0.815. The highest BCUT2D eigenvalue weighted by atomic mass is 19.1. The smallest absolute Gasteiger partial charge is 0.319 e. The molecule has 2 amide bonds. The van der Waals surface area contributed by atoms with Gasteiger partial charge in [0.05, 0.1) is 5.69 Å². The molecule has 0 radical (unpaired) electrons. The molecule has 0 saturated carbocycles. The average molecular weight is 226 g/mol. The molecule has 0 aliphatic rings. The number of nitrogens with one attached hydrogen (secondary N) is 2. The molecular weight excluding hydrogens is 207 g/mol. The van der Waals surface area contributed by atoms with Crippen molar-refractivity contribution in [2.75, 3.05) is 11.9 Å². The van der Waals surface area contributed by atoms with Gasteiger partial charge >= 0.3 is 6.03 Å². The summed E-state index contributed by atoms with van der Waals surface area (Å²) in [6.45, 7) is 6.53. The highest BCUT2D eigenvalue weighted by molar-refractivity contribution is 5.89. The van der Waals surface area contributed by atoms with E-state index in [0.717, 1.165) is 6.42 Å². The van der Waals surface area contributed by atoms with E-state index >= 15 is 0 Å². The zero-order chi connectivity index (χ0) is 12.4. The Morgan fingerprint density at radius 2 is 1.94 bits per heavy atom. The molecule has 0 aliphatic carbocycles. The molecule has 4 heteroatoms. The Balaban J connectivity index is 0.00000106. The van der Waals surface area contributed by atoms with Crippen molar-refractivity contribution in [2.45, 2.75) is 27.2 Å². The average Bonchev–Trinajstić information content (AvgIpc) is 2.32. The van der Waals surface area contributed by atoms with Crippen molar-refractivity contribution in [1.82, 2.24) is 5.32 Å². The van der Waals surface area contributed by atoms with Gasteiger partial charge in [-0.05, 0) is 18.6 Å². The second-order valence-corrected chi connectivity index (χ2v) is 2.86. The Morgan fingerprint density at radius 3 is 2.50 bits per heavy atom. The van der Waals surface area contributed by atoms with E-state index in [2.05, 4.69) is 10.6 Å². The van der Waals surface area contributed by atoms with E-state index < -0.39 is 5.82 Å². The van der Waals surface area contributed by atoms with Gasteiger partial charge < -0.3 is 10.6 Å². The SMILES string of the molecule is CC.CCCNC(=O)Nc1ccccc1F. The lowest BCUT2D eigenvalue weighted by atomic mass is 10.3. The summed E-state index contributed by atoms with van der Waals surface area (Å²) in [4.78, 5) is 11.1. The Morgan fingerprint density at radius 1 is 1.31 bits per heavy atom. The number of benzene rings is 1. The van der Waals surface area contributed by atoms with Gasteiger partial charge in [-0.3, -0.25) is 0 Å². The summed E-state index contributed by atoms with van der Waals surface area (Å²) in [6, 6.07) is 5.68. The van der Waals surface area contributed by atoms with E-state index in [1.165, 1.54) is 12.1 Å². The molecule has 0 bridgehead atoms. The third-order valence-electron chi connectivity index (χ3n) is 1.66. The van der Waals surface area contributed by atoms with Gasteiger partial charge in [-0.2, -0.15) is 0 Å². The summed E-state index contributed by atoms with van der Waals surface area (Å²) in [5.41, 5.74) is 0.195. The molecule has 0 fully saturated rings. The molecule has 2 N–H and O–H groups in total. The fourth-order valence-electron chi connectivity index (χ4n) is 0.968. The van der Waals surface area contributed by atoms with Gasteiger partial charge in [-0.25, -0.2) is 9.18 Å². The van der Waals surface area contributed by atoms with Crippen molar-refractivity contribution in [1.29, 1.82) is 0 Å². The van der Waals surface area contributed by atoms with Gasteiger partial charge in [0.2, 0.25) is 0 Å². The molecule has 90 valence electrons. The van der Waals surface area contributed by atoms with Crippen LogP contribution in [0.1, 0.15) is 27.2 Å². The number of anilines is 1. The van der Waals surface area contributed by atoms with Gasteiger partial charge in [-0.15, -0.1) is 0 Å². The lowest BCUT2D eigenvalue weighted by Gasteiger charge is -2.06. The Kier molecular flexibility index (Phi) is 7.85. The van der Waals surface area contributed by atoms with E-state index in [4.69, 9.17) is 0 Å². The van der Waals surface area contributed by atoms with Crippen LogP contribution in [0.15, 0.2) is 24.3 Å². The van der Waals surface area contributed by atoms with Gasteiger partial charge in [0.1, 0.15) is 5.82 Å². The second-order valence-electron chi connectivity index (χ2n) is 2.86. The first kappa shape index (κ1) is 14.4. The first-order chi connectivity index (χ1) is 7.74. The number of carbonyl (C=O) groups is 1. The van der Waals surface area contributed by atoms with Gasteiger partial charge in [-0.1, -0.05) is 32.9 Å². The maximum absolute atomic E-state index is 13.0. The summed E-state index contributed by atoms with van der Waals surface area (Å²) in [5, 5.41) is 5.01. The van der Waals surface area contributed by atoms with Crippen LogP contribution in [0.5, 0.6) is 0 Å². The van der Waals surface area contributed by atoms with Crippen LogP contribution >= 0.6 is 0 Å². The molecule has 0 spiro atoms. The highest BCUT2D eigenvalue weighted by Gasteiger charge is 2.03. The number of amides is 2. The zero-order valence-electron chi connectivity index (χ0n) is 10.0. The van der Waals surface area contributed by atoms with Crippen molar-refractivity contribution < 1.29 is 9.18 Å². The Hall–Kier alpha value is -1.58. The number of rotatable bonds is 3. The van der Waals surface area contributed by atoms with E-state index in [0.29, 0.717) is 6.54 Å². The fraction of sp³-hybridized carbons (Fsp3) is 0.417. The van der Waals surface area contributed by atoms with Crippen LogP contribution in [-0.2, 0) is 0 Å². The lowest BCUT2D eigenvalue weighted by molar-refractivity contribution is 0.252. The number of carbonyl (C=O) groups excluding carboxylic acids is 1. The monoisotopic (exact) mass is 226 g/mol. The Labute approximate surface area is 96.1 Å². The van der Waals surface area contributed by atoms with Crippen LogP contribution in [0.25, 0.3) is 0 Å². The number of para-hydroxylation sites is 1. The molecule has 1 aromatic rings. The summed E-state index contributed by atoms with van der Waals surface area (Å²) in [5.74, 6) is -0.431. The number of halogens is 1. The third kappa shape index (κ3) is 5.34. The molecule has 0 aromatic heterocycles. The van der Waals surface area contributed by atoms with Crippen molar-refractivity contribution in [3.63, 3.8) is 0 Å². The van der Waals surface area contributed by atoms with Crippen molar-refractivity contribution in [3.05, 3.63) is 30.1 Å². The molecule has 0 heterocycles. The van der Waals surface area contributed by atoms with Gasteiger partial charge in [0.15, 0.2) is 0 Å². The van der Waals surface area contributed by atoms with Gasteiger partial charge in [0, 0.05) is 6.54 Å². The molecular formula is C12H19FN2O. The minimum atomic E-state index is -0.431. The topological polar surface area (TPSA) is 41.1 Å². The summed E-state index contributed by atoms with van der Waals surface area (Å²) < 4.78 is 13.0. The number of urea groups is 1. The number of hydrogen-bond donors (Lipinski definition) is 2. The molecule has 0 unspecified atom stereocenters.